The van der Waals surface area contributed by atoms with Crippen LogP contribution in [0.1, 0.15) is 64.9 Å². The molecule has 1 N–H and O–H groups in total. The van der Waals surface area contributed by atoms with Gasteiger partial charge in [0.25, 0.3) is 0 Å². The minimum absolute atomic E-state index is 0.481. The fourth-order valence-corrected chi connectivity index (χ4v) is 5.35. The largest absolute Gasteiger partial charge is 0.313 e. The van der Waals surface area contributed by atoms with Gasteiger partial charge in [0.2, 0.25) is 0 Å². The quantitative estimate of drug-likeness (QED) is 0.779. The first-order chi connectivity index (χ1) is 11.1. The first-order valence-electron chi connectivity index (χ1n) is 9.83. The third-order valence-corrected chi connectivity index (χ3v) is 6.47. The molecule has 1 aromatic carbocycles. The third-order valence-electron chi connectivity index (χ3n) is 6.47. The van der Waals surface area contributed by atoms with Crippen LogP contribution in [0.3, 0.4) is 0 Å². The average molecular weight is 314 g/mol. The molecule has 23 heavy (non-hydrogen) atoms. The van der Waals surface area contributed by atoms with Crippen LogP contribution in [-0.4, -0.2) is 12.6 Å². The molecule has 0 aromatic heterocycles. The average Bonchev–Trinajstić information content (AvgIpc) is 2.55. The zero-order chi connectivity index (χ0) is 16.3. The van der Waals surface area contributed by atoms with Crippen LogP contribution in [0.2, 0.25) is 0 Å². The van der Waals surface area contributed by atoms with Gasteiger partial charge in [0, 0.05) is 6.04 Å². The molecule has 0 aliphatic heterocycles. The van der Waals surface area contributed by atoms with Crippen molar-refractivity contribution in [2.75, 3.05) is 6.54 Å². The Morgan fingerprint density at radius 3 is 2.30 bits per heavy atom. The van der Waals surface area contributed by atoms with Gasteiger partial charge in [0.1, 0.15) is 0 Å². The summed E-state index contributed by atoms with van der Waals surface area (Å²) in [5.74, 6) is 2.82. The zero-order valence-corrected chi connectivity index (χ0v) is 15.4. The standard InChI is InChI=1S/C22H35N/c1-22(2,3)20-13-14-21(19-12-8-7-11-18(19)20)23-16-15-17-9-5-4-6-10-17/h4-6,9-10,18-21,23H,7-8,11-16H2,1-3H3. The molecular formula is C22H35N. The lowest BCUT2D eigenvalue weighted by atomic mass is 9.57. The van der Waals surface area contributed by atoms with Gasteiger partial charge >= 0.3 is 0 Å². The first kappa shape index (κ1) is 17.0. The van der Waals surface area contributed by atoms with Crippen molar-refractivity contribution in [2.24, 2.45) is 23.2 Å². The van der Waals surface area contributed by atoms with Crippen molar-refractivity contribution >= 4 is 0 Å². The molecular weight excluding hydrogens is 278 g/mol. The molecule has 128 valence electrons. The Labute approximate surface area is 143 Å². The number of hydrogen-bond acceptors (Lipinski definition) is 1. The Hall–Kier alpha value is -0.820. The summed E-state index contributed by atoms with van der Waals surface area (Å²) in [7, 11) is 0. The van der Waals surface area contributed by atoms with Gasteiger partial charge in [-0.3, -0.25) is 0 Å². The summed E-state index contributed by atoms with van der Waals surface area (Å²) < 4.78 is 0. The Kier molecular flexibility index (Phi) is 5.46. The highest BCUT2D eigenvalue weighted by atomic mass is 14.9. The van der Waals surface area contributed by atoms with E-state index >= 15 is 0 Å². The highest BCUT2D eigenvalue weighted by Crippen LogP contribution is 2.50. The van der Waals surface area contributed by atoms with Crippen LogP contribution in [0.25, 0.3) is 0 Å². The van der Waals surface area contributed by atoms with E-state index in [1.807, 2.05) is 0 Å². The van der Waals surface area contributed by atoms with E-state index in [2.05, 4.69) is 56.4 Å². The van der Waals surface area contributed by atoms with E-state index in [0.29, 0.717) is 5.41 Å². The molecule has 4 atom stereocenters. The van der Waals surface area contributed by atoms with Crippen LogP contribution in [0.4, 0.5) is 0 Å². The van der Waals surface area contributed by atoms with Crippen LogP contribution >= 0.6 is 0 Å². The lowest BCUT2D eigenvalue weighted by molar-refractivity contribution is 0.0117. The van der Waals surface area contributed by atoms with Gasteiger partial charge < -0.3 is 5.32 Å². The van der Waals surface area contributed by atoms with Crippen molar-refractivity contribution in [2.45, 2.75) is 71.8 Å². The van der Waals surface area contributed by atoms with Crippen molar-refractivity contribution < 1.29 is 0 Å². The zero-order valence-electron chi connectivity index (χ0n) is 15.4. The van der Waals surface area contributed by atoms with Crippen LogP contribution < -0.4 is 5.32 Å². The molecule has 4 unspecified atom stereocenters. The molecule has 0 radical (unpaired) electrons. The molecule has 0 spiro atoms. The summed E-state index contributed by atoms with van der Waals surface area (Å²) in [4.78, 5) is 0. The van der Waals surface area contributed by atoms with Crippen LogP contribution in [0.15, 0.2) is 30.3 Å². The Balaban J connectivity index is 1.58. The van der Waals surface area contributed by atoms with Crippen molar-refractivity contribution in [3.8, 4) is 0 Å². The monoisotopic (exact) mass is 313 g/mol. The molecule has 2 aliphatic rings. The lowest BCUT2D eigenvalue weighted by Crippen LogP contribution is -2.50. The van der Waals surface area contributed by atoms with E-state index in [-0.39, 0.29) is 0 Å². The summed E-state index contributed by atoms with van der Waals surface area (Å²) in [6.45, 7) is 8.53. The van der Waals surface area contributed by atoms with Crippen LogP contribution in [0.5, 0.6) is 0 Å². The van der Waals surface area contributed by atoms with Crippen molar-refractivity contribution in [3.63, 3.8) is 0 Å². The predicted molar refractivity (Wildman–Crippen MR) is 99.6 cm³/mol. The summed E-state index contributed by atoms with van der Waals surface area (Å²) in [6, 6.07) is 11.7. The van der Waals surface area contributed by atoms with Crippen molar-refractivity contribution in [3.05, 3.63) is 35.9 Å². The van der Waals surface area contributed by atoms with Crippen LogP contribution in [0, 0.1) is 23.2 Å². The summed E-state index contributed by atoms with van der Waals surface area (Å²) in [5, 5.41) is 3.94. The van der Waals surface area contributed by atoms with Gasteiger partial charge in [0.15, 0.2) is 0 Å². The summed E-state index contributed by atoms with van der Waals surface area (Å²) in [6.07, 6.45) is 9.83. The highest BCUT2D eigenvalue weighted by Gasteiger charge is 2.44. The number of benzene rings is 1. The number of hydrogen-bond donors (Lipinski definition) is 1. The maximum atomic E-state index is 3.94. The van der Waals surface area contributed by atoms with Gasteiger partial charge in [0.05, 0.1) is 0 Å². The van der Waals surface area contributed by atoms with Crippen LogP contribution in [-0.2, 0) is 6.42 Å². The summed E-state index contributed by atoms with van der Waals surface area (Å²) >= 11 is 0. The minimum Gasteiger partial charge on any atom is -0.313 e. The second kappa shape index (κ2) is 7.38. The Morgan fingerprint density at radius 2 is 1.61 bits per heavy atom. The third kappa shape index (κ3) is 4.18. The SMILES string of the molecule is CC(C)(C)C1CCC(NCCc2ccccc2)C2CCCCC21. The molecule has 3 rings (SSSR count). The van der Waals surface area contributed by atoms with E-state index in [0.717, 1.165) is 36.8 Å². The van der Waals surface area contributed by atoms with E-state index in [1.54, 1.807) is 0 Å². The molecule has 2 aliphatic carbocycles. The second-order valence-corrected chi connectivity index (χ2v) is 8.96. The molecule has 0 heterocycles. The van der Waals surface area contributed by atoms with Gasteiger partial charge in [-0.15, -0.1) is 0 Å². The number of rotatable bonds is 4. The van der Waals surface area contributed by atoms with E-state index in [4.69, 9.17) is 0 Å². The molecule has 0 amide bonds. The topological polar surface area (TPSA) is 12.0 Å². The van der Waals surface area contributed by atoms with E-state index in [9.17, 15) is 0 Å². The van der Waals surface area contributed by atoms with Gasteiger partial charge in [-0.05, 0) is 67.4 Å². The maximum absolute atomic E-state index is 3.94. The molecule has 0 saturated heterocycles. The molecule has 1 aromatic rings. The van der Waals surface area contributed by atoms with Gasteiger partial charge in [-0.2, -0.15) is 0 Å². The molecule has 0 bridgehead atoms. The second-order valence-electron chi connectivity index (χ2n) is 8.96. The van der Waals surface area contributed by atoms with Crippen molar-refractivity contribution in [1.82, 2.24) is 5.32 Å². The minimum atomic E-state index is 0.481. The van der Waals surface area contributed by atoms with Gasteiger partial charge in [-0.1, -0.05) is 63.9 Å². The van der Waals surface area contributed by atoms with E-state index in [1.165, 1.54) is 44.1 Å². The predicted octanol–water partition coefficient (Wildman–Crippen LogP) is 5.45. The molecule has 1 heteroatoms. The molecule has 1 nitrogen and oxygen atoms in total. The summed E-state index contributed by atoms with van der Waals surface area (Å²) in [5.41, 5.74) is 1.94. The highest BCUT2D eigenvalue weighted by molar-refractivity contribution is 5.14. The Bertz CT molecular complexity index is 472. The van der Waals surface area contributed by atoms with Crippen molar-refractivity contribution in [1.29, 1.82) is 0 Å². The molecule has 2 fully saturated rings. The number of nitrogens with one attached hydrogen (secondary N) is 1. The normalized spacial score (nSPS) is 31.6. The fraction of sp³-hybridized carbons (Fsp3) is 0.727. The smallest absolute Gasteiger partial charge is 0.00983 e. The Morgan fingerprint density at radius 1 is 0.913 bits per heavy atom. The van der Waals surface area contributed by atoms with E-state index < -0.39 is 0 Å². The maximum Gasteiger partial charge on any atom is 0.00983 e. The number of fused-ring (bicyclic) bond motifs is 1. The molecule has 2 saturated carbocycles. The fourth-order valence-electron chi connectivity index (χ4n) is 5.35. The first-order valence-corrected chi connectivity index (χ1v) is 9.83. The lowest BCUT2D eigenvalue weighted by Gasteiger charge is -2.50. The van der Waals surface area contributed by atoms with Gasteiger partial charge in [-0.25, -0.2) is 0 Å².